The molecule has 6 heteroatoms. The maximum Gasteiger partial charge on any atom is 0.257 e. The standard InChI is InChI=1S/C20H22FN3O2/c21-16-6-5-9-18(11-16)24-20(26)15-10-14(12-22-13-15)19(25)23-17-7-3-1-2-4-8-17/h5-6,9-13,17H,1-4,7-8H2,(H,23,25)(H,24,26). The summed E-state index contributed by atoms with van der Waals surface area (Å²) >= 11 is 0. The molecule has 5 nitrogen and oxygen atoms in total. The van der Waals surface area contributed by atoms with Crippen LogP contribution in [0.2, 0.25) is 0 Å². The Morgan fingerprint density at radius 2 is 1.65 bits per heavy atom. The van der Waals surface area contributed by atoms with E-state index in [-0.39, 0.29) is 17.5 Å². The van der Waals surface area contributed by atoms with E-state index in [0.29, 0.717) is 11.3 Å². The van der Waals surface area contributed by atoms with Gasteiger partial charge in [-0.15, -0.1) is 0 Å². The number of carbonyl (C=O) groups is 2. The molecule has 1 aromatic heterocycles. The molecule has 0 bridgehead atoms. The highest BCUT2D eigenvalue weighted by Crippen LogP contribution is 2.18. The fourth-order valence-electron chi connectivity index (χ4n) is 3.15. The van der Waals surface area contributed by atoms with Crippen molar-refractivity contribution in [3.8, 4) is 0 Å². The van der Waals surface area contributed by atoms with E-state index in [1.54, 1.807) is 6.07 Å². The normalized spacial score (nSPS) is 15.1. The average Bonchev–Trinajstić information content (AvgIpc) is 2.90. The zero-order valence-corrected chi connectivity index (χ0v) is 14.5. The predicted octanol–water partition coefficient (Wildman–Crippen LogP) is 3.93. The van der Waals surface area contributed by atoms with E-state index in [0.717, 1.165) is 25.7 Å². The summed E-state index contributed by atoms with van der Waals surface area (Å²) in [4.78, 5) is 28.8. The first-order chi connectivity index (χ1) is 12.6. The molecule has 0 spiro atoms. The lowest BCUT2D eigenvalue weighted by atomic mass is 10.1. The number of anilines is 1. The van der Waals surface area contributed by atoms with E-state index < -0.39 is 11.7 Å². The van der Waals surface area contributed by atoms with Crippen molar-refractivity contribution in [3.63, 3.8) is 0 Å². The van der Waals surface area contributed by atoms with Gasteiger partial charge in [0.15, 0.2) is 0 Å². The quantitative estimate of drug-likeness (QED) is 0.817. The first kappa shape index (κ1) is 18.0. The summed E-state index contributed by atoms with van der Waals surface area (Å²) in [5, 5.41) is 5.64. The van der Waals surface area contributed by atoms with Gasteiger partial charge >= 0.3 is 0 Å². The van der Waals surface area contributed by atoms with Gasteiger partial charge in [0, 0.05) is 24.1 Å². The highest BCUT2D eigenvalue weighted by molar-refractivity contribution is 6.05. The summed E-state index contributed by atoms with van der Waals surface area (Å²) in [6.45, 7) is 0. The molecule has 0 saturated heterocycles. The van der Waals surface area contributed by atoms with Crippen LogP contribution in [-0.2, 0) is 0 Å². The molecule has 3 rings (SSSR count). The SMILES string of the molecule is O=C(Nc1cccc(F)c1)c1cncc(C(=O)NC2CCCCCC2)c1. The number of nitrogens with zero attached hydrogens (tertiary/aromatic N) is 1. The van der Waals surface area contributed by atoms with E-state index in [1.165, 1.54) is 49.5 Å². The van der Waals surface area contributed by atoms with Gasteiger partial charge in [-0.2, -0.15) is 0 Å². The smallest absolute Gasteiger partial charge is 0.257 e. The van der Waals surface area contributed by atoms with Crippen molar-refractivity contribution >= 4 is 17.5 Å². The highest BCUT2D eigenvalue weighted by Gasteiger charge is 2.17. The molecule has 0 radical (unpaired) electrons. The van der Waals surface area contributed by atoms with Crippen molar-refractivity contribution in [1.29, 1.82) is 0 Å². The maximum absolute atomic E-state index is 13.2. The molecule has 1 saturated carbocycles. The van der Waals surface area contributed by atoms with E-state index in [2.05, 4.69) is 15.6 Å². The molecule has 0 unspecified atom stereocenters. The Bertz CT molecular complexity index is 786. The van der Waals surface area contributed by atoms with Gasteiger partial charge in [0.1, 0.15) is 5.82 Å². The van der Waals surface area contributed by atoms with Gasteiger partial charge < -0.3 is 10.6 Å². The number of halogens is 1. The van der Waals surface area contributed by atoms with Crippen molar-refractivity contribution < 1.29 is 14.0 Å². The third-order valence-electron chi connectivity index (χ3n) is 4.54. The third-order valence-corrected chi connectivity index (χ3v) is 4.54. The monoisotopic (exact) mass is 355 g/mol. The largest absolute Gasteiger partial charge is 0.349 e. The number of hydrogen-bond acceptors (Lipinski definition) is 3. The Morgan fingerprint density at radius 1 is 0.962 bits per heavy atom. The number of nitrogens with one attached hydrogen (secondary N) is 2. The van der Waals surface area contributed by atoms with Crippen LogP contribution in [0.1, 0.15) is 59.2 Å². The molecule has 1 aliphatic rings. The van der Waals surface area contributed by atoms with Gasteiger partial charge in [-0.05, 0) is 37.1 Å². The van der Waals surface area contributed by atoms with Crippen LogP contribution in [0.15, 0.2) is 42.7 Å². The number of hydrogen-bond donors (Lipinski definition) is 2. The average molecular weight is 355 g/mol. The summed E-state index contributed by atoms with van der Waals surface area (Å²) in [5.41, 5.74) is 0.951. The summed E-state index contributed by atoms with van der Waals surface area (Å²) < 4.78 is 13.2. The van der Waals surface area contributed by atoms with E-state index in [4.69, 9.17) is 0 Å². The Kier molecular flexibility index (Phi) is 5.94. The Balaban J connectivity index is 1.66. The van der Waals surface area contributed by atoms with E-state index in [9.17, 15) is 14.0 Å². The van der Waals surface area contributed by atoms with E-state index in [1.807, 2.05) is 0 Å². The van der Waals surface area contributed by atoms with Crippen LogP contribution in [0.4, 0.5) is 10.1 Å². The molecule has 136 valence electrons. The maximum atomic E-state index is 13.2. The second-order valence-electron chi connectivity index (χ2n) is 6.59. The Hall–Kier alpha value is -2.76. The minimum atomic E-state index is -0.438. The fourth-order valence-corrected chi connectivity index (χ4v) is 3.15. The van der Waals surface area contributed by atoms with Crippen molar-refractivity contribution in [2.45, 2.75) is 44.6 Å². The lowest BCUT2D eigenvalue weighted by molar-refractivity contribution is 0.0933. The molecule has 2 amide bonds. The van der Waals surface area contributed by atoms with Crippen molar-refractivity contribution in [2.75, 3.05) is 5.32 Å². The van der Waals surface area contributed by atoms with Crippen LogP contribution in [0.25, 0.3) is 0 Å². The van der Waals surface area contributed by atoms with Gasteiger partial charge in [-0.1, -0.05) is 31.7 Å². The van der Waals surface area contributed by atoms with Crippen LogP contribution in [-0.4, -0.2) is 22.8 Å². The molecular weight excluding hydrogens is 333 g/mol. The summed E-state index contributed by atoms with van der Waals surface area (Å²) in [6.07, 6.45) is 9.48. The zero-order valence-electron chi connectivity index (χ0n) is 14.5. The van der Waals surface area contributed by atoms with Crippen LogP contribution in [0, 0.1) is 5.82 Å². The van der Waals surface area contributed by atoms with Crippen molar-refractivity contribution in [2.24, 2.45) is 0 Å². The van der Waals surface area contributed by atoms with Crippen LogP contribution in [0.3, 0.4) is 0 Å². The van der Waals surface area contributed by atoms with Gasteiger partial charge in [0.2, 0.25) is 0 Å². The van der Waals surface area contributed by atoms with Gasteiger partial charge in [0.05, 0.1) is 11.1 Å². The molecule has 1 aromatic carbocycles. The molecule has 1 fully saturated rings. The number of aromatic nitrogens is 1. The molecule has 26 heavy (non-hydrogen) atoms. The lowest BCUT2D eigenvalue weighted by Gasteiger charge is -2.16. The van der Waals surface area contributed by atoms with Crippen molar-refractivity contribution in [1.82, 2.24) is 10.3 Å². The third kappa shape index (κ3) is 4.88. The van der Waals surface area contributed by atoms with Gasteiger partial charge in [-0.25, -0.2) is 4.39 Å². The Labute approximate surface area is 152 Å². The number of carbonyl (C=O) groups excluding carboxylic acids is 2. The number of amides is 2. The molecule has 1 aliphatic carbocycles. The number of rotatable bonds is 4. The molecular formula is C20H22FN3O2. The second kappa shape index (κ2) is 8.56. The van der Waals surface area contributed by atoms with Gasteiger partial charge in [-0.3, -0.25) is 14.6 Å². The first-order valence-electron chi connectivity index (χ1n) is 8.94. The predicted molar refractivity (Wildman–Crippen MR) is 97.5 cm³/mol. The number of benzene rings is 1. The van der Waals surface area contributed by atoms with Crippen LogP contribution in [0.5, 0.6) is 0 Å². The number of pyridine rings is 1. The van der Waals surface area contributed by atoms with Gasteiger partial charge in [0.25, 0.3) is 11.8 Å². The summed E-state index contributed by atoms with van der Waals surface area (Å²) in [7, 11) is 0. The lowest BCUT2D eigenvalue weighted by Crippen LogP contribution is -2.34. The molecule has 0 atom stereocenters. The van der Waals surface area contributed by atoms with E-state index >= 15 is 0 Å². The zero-order chi connectivity index (χ0) is 18.4. The minimum absolute atomic E-state index is 0.176. The van der Waals surface area contributed by atoms with Crippen LogP contribution < -0.4 is 10.6 Å². The molecule has 2 aromatic rings. The van der Waals surface area contributed by atoms with Crippen LogP contribution >= 0.6 is 0 Å². The molecule has 2 N–H and O–H groups in total. The molecule has 1 heterocycles. The summed E-state index contributed by atoms with van der Waals surface area (Å²) in [6, 6.07) is 7.32. The fraction of sp³-hybridized carbons (Fsp3) is 0.350. The summed E-state index contributed by atoms with van der Waals surface area (Å²) in [5.74, 6) is -1.09. The topological polar surface area (TPSA) is 71.1 Å². The first-order valence-corrected chi connectivity index (χ1v) is 8.94. The Morgan fingerprint density at radius 3 is 2.35 bits per heavy atom. The minimum Gasteiger partial charge on any atom is -0.349 e. The second-order valence-corrected chi connectivity index (χ2v) is 6.59. The highest BCUT2D eigenvalue weighted by atomic mass is 19.1. The van der Waals surface area contributed by atoms with Crippen molar-refractivity contribution in [3.05, 3.63) is 59.7 Å². The molecule has 0 aliphatic heterocycles.